The predicted octanol–water partition coefficient (Wildman–Crippen LogP) is 4.56. The van der Waals surface area contributed by atoms with E-state index in [1.54, 1.807) is 0 Å². The third-order valence-electron chi connectivity index (χ3n) is 3.29. The smallest absolute Gasteiger partial charge is 0.307 e. The van der Waals surface area contributed by atoms with Crippen LogP contribution in [0.4, 0.5) is 15.6 Å². The van der Waals surface area contributed by atoms with E-state index in [-0.39, 0.29) is 6.03 Å². The Balaban J connectivity index is 1.80. The number of anilines is 2. The summed E-state index contributed by atoms with van der Waals surface area (Å²) in [5.41, 5.74) is 1.73. The van der Waals surface area contributed by atoms with Crippen LogP contribution in [0.2, 0.25) is 0 Å². The quantitative estimate of drug-likeness (QED) is 0.728. The topological polar surface area (TPSA) is 54.0 Å². The maximum atomic E-state index is 12.1. The van der Waals surface area contributed by atoms with E-state index < -0.39 is 0 Å². The molecular weight excluding hydrogens is 282 g/mol. The standard InChI is InChI=1S/C16H15N3OS/c1-10-11(2)21-16(17-10)19-15(20)18-14-9-5-7-12-6-3-4-8-13(12)14/h3-9H,1-2H3,(H2,17,18,19,20). The van der Waals surface area contributed by atoms with Crippen molar-refractivity contribution in [1.82, 2.24) is 4.98 Å². The Morgan fingerprint density at radius 2 is 1.81 bits per heavy atom. The first-order valence-corrected chi connectivity index (χ1v) is 7.45. The van der Waals surface area contributed by atoms with E-state index in [1.165, 1.54) is 11.3 Å². The van der Waals surface area contributed by atoms with Crippen molar-refractivity contribution in [1.29, 1.82) is 0 Å². The van der Waals surface area contributed by atoms with Gasteiger partial charge in [-0.05, 0) is 25.3 Å². The van der Waals surface area contributed by atoms with Crippen LogP contribution in [0.5, 0.6) is 0 Å². The zero-order valence-electron chi connectivity index (χ0n) is 11.8. The number of nitrogens with zero attached hydrogens (tertiary/aromatic N) is 1. The lowest BCUT2D eigenvalue weighted by molar-refractivity contribution is 0.262. The van der Waals surface area contributed by atoms with Gasteiger partial charge in [0.2, 0.25) is 0 Å². The van der Waals surface area contributed by atoms with Gasteiger partial charge in [0.1, 0.15) is 0 Å². The van der Waals surface area contributed by atoms with Crippen molar-refractivity contribution >= 4 is 39.0 Å². The molecule has 2 amide bonds. The first kappa shape index (κ1) is 13.6. The molecule has 3 rings (SSSR count). The number of hydrogen-bond acceptors (Lipinski definition) is 3. The second-order valence-corrected chi connectivity index (χ2v) is 5.97. The summed E-state index contributed by atoms with van der Waals surface area (Å²) in [5.74, 6) is 0. The molecule has 5 heteroatoms. The van der Waals surface area contributed by atoms with E-state index in [2.05, 4.69) is 15.6 Å². The third kappa shape index (κ3) is 2.87. The number of aromatic nitrogens is 1. The summed E-state index contributed by atoms with van der Waals surface area (Å²) < 4.78 is 0. The zero-order chi connectivity index (χ0) is 14.8. The number of nitrogens with one attached hydrogen (secondary N) is 2. The van der Waals surface area contributed by atoms with Gasteiger partial charge in [-0.15, -0.1) is 11.3 Å². The molecule has 0 saturated carbocycles. The average molecular weight is 297 g/mol. The molecule has 4 nitrogen and oxygen atoms in total. The van der Waals surface area contributed by atoms with Gasteiger partial charge in [0, 0.05) is 10.3 Å². The average Bonchev–Trinajstić information content (AvgIpc) is 2.77. The molecule has 0 unspecified atom stereocenters. The minimum absolute atomic E-state index is 0.278. The Hall–Kier alpha value is -2.40. The molecule has 3 aromatic rings. The first-order valence-electron chi connectivity index (χ1n) is 6.63. The largest absolute Gasteiger partial charge is 0.325 e. The van der Waals surface area contributed by atoms with Crippen LogP contribution >= 0.6 is 11.3 Å². The first-order chi connectivity index (χ1) is 10.1. The summed E-state index contributed by atoms with van der Waals surface area (Å²) in [6, 6.07) is 13.5. The number of urea groups is 1. The maximum Gasteiger partial charge on any atom is 0.325 e. The van der Waals surface area contributed by atoms with Crippen molar-refractivity contribution in [3.8, 4) is 0 Å². The number of thiazole rings is 1. The highest BCUT2D eigenvalue weighted by Gasteiger charge is 2.09. The Bertz CT molecular complexity index is 785. The molecule has 0 saturated heterocycles. The van der Waals surface area contributed by atoms with E-state index in [0.717, 1.165) is 27.0 Å². The van der Waals surface area contributed by atoms with Crippen molar-refractivity contribution in [3.05, 3.63) is 53.0 Å². The molecule has 21 heavy (non-hydrogen) atoms. The molecule has 106 valence electrons. The Morgan fingerprint density at radius 3 is 2.57 bits per heavy atom. The van der Waals surface area contributed by atoms with Gasteiger partial charge in [0.05, 0.1) is 11.4 Å². The lowest BCUT2D eigenvalue weighted by Gasteiger charge is -2.08. The summed E-state index contributed by atoms with van der Waals surface area (Å²) in [4.78, 5) is 17.5. The number of rotatable bonds is 2. The molecule has 0 fully saturated rings. The van der Waals surface area contributed by atoms with Crippen LogP contribution < -0.4 is 10.6 Å². The van der Waals surface area contributed by atoms with Crippen LogP contribution in [0, 0.1) is 13.8 Å². The van der Waals surface area contributed by atoms with Gasteiger partial charge in [-0.3, -0.25) is 5.32 Å². The fourth-order valence-corrected chi connectivity index (χ4v) is 2.92. The van der Waals surface area contributed by atoms with Gasteiger partial charge in [-0.25, -0.2) is 9.78 Å². The summed E-state index contributed by atoms with van der Waals surface area (Å²) in [7, 11) is 0. The number of amides is 2. The molecular formula is C16H15N3OS. The van der Waals surface area contributed by atoms with Gasteiger partial charge < -0.3 is 5.32 Å². The second-order valence-electron chi connectivity index (χ2n) is 4.77. The van der Waals surface area contributed by atoms with E-state index >= 15 is 0 Å². The van der Waals surface area contributed by atoms with Crippen LogP contribution in [-0.2, 0) is 0 Å². The van der Waals surface area contributed by atoms with Gasteiger partial charge in [0.25, 0.3) is 0 Å². The fourth-order valence-electron chi connectivity index (χ4n) is 2.11. The van der Waals surface area contributed by atoms with Gasteiger partial charge in [-0.2, -0.15) is 0 Å². The number of fused-ring (bicyclic) bond motifs is 1. The number of carbonyl (C=O) groups excluding carboxylic acids is 1. The summed E-state index contributed by atoms with van der Waals surface area (Å²) >= 11 is 1.47. The number of aryl methyl sites for hydroxylation is 2. The SMILES string of the molecule is Cc1nc(NC(=O)Nc2cccc3ccccc23)sc1C. The lowest BCUT2D eigenvalue weighted by atomic mass is 10.1. The minimum atomic E-state index is -0.278. The highest BCUT2D eigenvalue weighted by Crippen LogP contribution is 2.24. The summed E-state index contributed by atoms with van der Waals surface area (Å²) in [5, 5.41) is 8.38. The van der Waals surface area contributed by atoms with Crippen molar-refractivity contribution in [3.63, 3.8) is 0 Å². The molecule has 0 bridgehead atoms. The molecule has 0 radical (unpaired) electrons. The van der Waals surface area contributed by atoms with Crippen molar-refractivity contribution in [2.45, 2.75) is 13.8 Å². The highest BCUT2D eigenvalue weighted by molar-refractivity contribution is 7.15. The molecule has 0 aliphatic carbocycles. The molecule has 1 aromatic heterocycles. The molecule has 0 atom stereocenters. The fraction of sp³-hybridized carbons (Fsp3) is 0.125. The van der Waals surface area contributed by atoms with Crippen LogP contribution in [-0.4, -0.2) is 11.0 Å². The summed E-state index contributed by atoms with van der Waals surface area (Å²) in [6.07, 6.45) is 0. The van der Waals surface area contributed by atoms with E-state index in [1.807, 2.05) is 56.3 Å². The molecule has 0 spiro atoms. The van der Waals surface area contributed by atoms with Gasteiger partial charge in [-0.1, -0.05) is 36.4 Å². The van der Waals surface area contributed by atoms with Gasteiger partial charge in [0.15, 0.2) is 5.13 Å². The summed E-state index contributed by atoms with van der Waals surface area (Å²) in [6.45, 7) is 3.92. The van der Waals surface area contributed by atoms with Crippen molar-refractivity contribution in [2.75, 3.05) is 10.6 Å². The highest BCUT2D eigenvalue weighted by atomic mass is 32.1. The maximum absolute atomic E-state index is 12.1. The van der Waals surface area contributed by atoms with Crippen molar-refractivity contribution in [2.24, 2.45) is 0 Å². The Morgan fingerprint density at radius 1 is 1.05 bits per heavy atom. The Kier molecular flexibility index (Phi) is 3.58. The molecule has 0 aliphatic rings. The number of carbonyl (C=O) groups is 1. The van der Waals surface area contributed by atoms with Crippen LogP contribution in [0.25, 0.3) is 10.8 Å². The van der Waals surface area contributed by atoms with E-state index in [4.69, 9.17) is 0 Å². The number of benzene rings is 2. The van der Waals surface area contributed by atoms with Gasteiger partial charge >= 0.3 is 6.03 Å². The van der Waals surface area contributed by atoms with Crippen LogP contribution in [0.1, 0.15) is 10.6 Å². The van der Waals surface area contributed by atoms with Crippen LogP contribution in [0.15, 0.2) is 42.5 Å². The number of hydrogen-bond donors (Lipinski definition) is 2. The monoisotopic (exact) mass is 297 g/mol. The molecule has 0 aliphatic heterocycles. The van der Waals surface area contributed by atoms with E-state index in [0.29, 0.717) is 5.13 Å². The normalized spacial score (nSPS) is 10.6. The Labute approximate surface area is 126 Å². The lowest BCUT2D eigenvalue weighted by Crippen LogP contribution is -2.19. The minimum Gasteiger partial charge on any atom is -0.307 e. The van der Waals surface area contributed by atoms with Crippen LogP contribution in [0.3, 0.4) is 0 Å². The van der Waals surface area contributed by atoms with E-state index in [9.17, 15) is 4.79 Å². The molecule has 1 heterocycles. The molecule has 2 N–H and O–H groups in total. The second kappa shape index (κ2) is 5.54. The molecule has 2 aromatic carbocycles. The predicted molar refractivity (Wildman–Crippen MR) is 88.2 cm³/mol. The van der Waals surface area contributed by atoms with Crippen molar-refractivity contribution < 1.29 is 4.79 Å². The zero-order valence-corrected chi connectivity index (χ0v) is 12.6. The third-order valence-corrected chi connectivity index (χ3v) is 4.28.